The minimum absolute atomic E-state index is 0.180. The number of anilines is 3. The zero-order valence-corrected chi connectivity index (χ0v) is 9.94. The summed E-state index contributed by atoms with van der Waals surface area (Å²) >= 11 is 5.88. The average molecular weight is 261 g/mol. The minimum Gasteiger partial charge on any atom is -0.384 e. The number of nitrogen functional groups attached to an aromatic ring is 1. The minimum atomic E-state index is 0.180. The third-order valence-electron chi connectivity index (χ3n) is 2.42. The largest absolute Gasteiger partial charge is 0.384 e. The van der Waals surface area contributed by atoms with E-state index in [1.165, 1.54) is 0 Å². The third kappa shape index (κ3) is 1.93. The second-order valence-electron chi connectivity index (χ2n) is 3.69. The zero-order valence-electron chi connectivity index (χ0n) is 9.18. The number of nitrogens with one attached hydrogen (secondary N) is 2. The first-order valence-electron chi connectivity index (χ1n) is 5.22. The predicted molar refractivity (Wildman–Crippen MR) is 70.8 cm³/mol. The van der Waals surface area contributed by atoms with E-state index in [1.54, 1.807) is 6.07 Å². The number of hydrogen-bond donors (Lipinski definition) is 3. The van der Waals surface area contributed by atoms with Crippen molar-refractivity contribution in [3.05, 3.63) is 35.6 Å². The number of nitrogens with zero attached hydrogens (tertiary/aromatic N) is 3. The Morgan fingerprint density at radius 3 is 2.83 bits per heavy atom. The van der Waals surface area contributed by atoms with Gasteiger partial charge in [0.25, 0.3) is 0 Å². The molecule has 0 fully saturated rings. The highest BCUT2D eigenvalue weighted by Gasteiger charge is 2.07. The molecular weight excluding hydrogens is 252 g/mol. The van der Waals surface area contributed by atoms with Crippen LogP contribution in [-0.4, -0.2) is 20.2 Å². The molecule has 0 saturated heterocycles. The van der Waals surface area contributed by atoms with Gasteiger partial charge in [0.1, 0.15) is 11.6 Å². The van der Waals surface area contributed by atoms with Gasteiger partial charge in [-0.1, -0.05) is 12.1 Å². The van der Waals surface area contributed by atoms with Crippen LogP contribution in [0.25, 0.3) is 10.9 Å². The Labute approximate surface area is 107 Å². The van der Waals surface area contributed by atoms with Crippen molar-refractivity contribution in [1.82, 2.24) is 20.2 Å². The molecule has 18 heavy (non-hydrogen) atoms. The maximum Gasteiger partial charge on any atom is 0.224 e. The highest BCUT2D eigenvalue weighted by Crippen LogP contribution is 2.24. The number of hydrogen-bond acceptors (Lipinski definition) is 5. The normalized spacial score (nSPS) is 10.7. The van der Waals surface area contributed by atoms with Gasteiger partial charge in [0.2, 0.25) is 5.28 Å². The number of nitrogens with two attached hydrogens (primary N) is 1. The molecule has 0 amide bonds. The smallest absolute Gasteiger partial charge is 0.224 e. The summed E-state index contributed by atoms with van der Waals surface area (Å²) in [5.74, 6) is 1.64. The fourth-order valence-electron chi connectivity index (χ4n) is 1.67. The molecule has 7 heteroatoms. The van der Waals surface area contributed by atoms with Crippen LogP contribution in [0, 0.1) is 0 Å². The second kappa shape index (κ2) is 4.15. The van der Waals surface area contributed by atoms with Crippen LogP contribution in [0.5, 0.6) is 0 Å². The first-order chi connectivity index (χ1) is 8.72. The first-order valence-corrected chi connectivity index (χ1v) is 5.60. The van der Waals surface area contributed by atoms with Gasteiger partial charge in [0, 0.05) is 11.5 Å². The quantitative estimate of drug-likeness (QED) is 0.615. The summed E-state index contributed by atoms with van der Waals surface area (Å²) in [5.41, 5.74) is 6.33. The van der Waals surface area contributed by atoms with Gasteiger partial charge in [-0.2, -0.15) is 10.1 Å². The molecule has 0 bridgehead atoms. The van der Waals surface area contributed by atoms with Crippen molar-refractivity contribution in [3.8, 4) is 0 Å². The van der Waals surface area contributed by atoms with Crippen LogP contribution in [0.1, 0.15) is 0 Å². The maximum absolute atomic E-state index is 5.88. The molecule has 0 radical (unpaired) electrons. The number of aromatic amines is 1. The Morgan fingerprint density at radius 1 is 1.22 bits per heavy atom. The number of rotatable bonds is 2. The van der Waals surface area contributed by atoms with E-state index in [-0.39, 0.29) is 5.28 Å². The van der Waals surface area contributed by atoms with Crippen LogP contribution in [0.2, 0.25) is 5.28 Å². The standard InChI is InChI=1S/C11H9ClN6/c12-11-14-7-4-2-1-3-6(7)10(16-11)15-9-5-8(13)17-18-9/h1-5H,(H4,13,14,15,16,17,18). The number of para-hydroxylation sites is 1. The molecule has 90 valence electrons. The summed E-state index contributed by atoms with van der Waals surface area (Å²) in [6.45, 7) is 0. The lowest BCUT2D eigenvalue weighted by atomic mass is 10.2. The lowest BCUT2D eigenvalue weighted by molar-refractivity contribution is 1.09. The summed E-state index contributed by atoms with van der Waals surface area (Å²) in [5, 5.41) is 10.7. The lowest BCUT2D eigenvalue weighted by Gasteiger charge is -2.06. The van der Waals surface area contributed by atoms with Gasteiger partial charge in [-0.05, 0) is 23.7 Å². The van der Waals surface area contributed by atoms with Gasteiger partial charge in [0.05, 0.1) is 5.52 Å². The first kappa shape index (κ1) is 10.8. The van der Waals surface area contributed by atoms with Crippen LogP contribution >= 0.6 is 11.6 Å². The molecule has 0 atom stereocenters. The lowest BCUT2D eigenvalue weighted by Crippen LogP contribution is -1.97. The van der Waals surface area contributed by atoms with Gasteiger partial charge in [-0.15, -0.1) is 0 Å². The molecule has 2 aromatic heterocycles. The van der Waals surface area contributed by atoms with Crippen molar-refractivity contribution in [3.63, 3.8) is 0 Å². The molecule has 4 N–H and O–H groups in total. The van der Waals surface area contributed by atoms with E-state index < -0.39 is 0 Å². The van der Waals surface area contributed by atoms with E-state index in [0.29, 0.717) is 17.5 Å². The summed E-state index contributed by atoms with van der Waals surface area (Å²) in [4.78, 5) is 8.30. The molecule has 3 rings (SSSR count). The van der Waals surface area contributed by atoms with Crippen molar-refractivity contribution in [1.29, 1.82) is 0 Å². The van der Waals surface area contributed by atoms with Gasteiger partial charge >= 0.3 is 0 Å². The monoisotopic (exact) mass is 260 g/mol. The highest BCUT2D eigenvalue weighted by molar-refractivity contribution is 6.28. The predicted octanol–water partition coefficient (Wildman–Crippen LogP) is 2.33. The van der Waals surface area contributed by atoms with Crippen molar-refractivity contribution in [2.45, 2.75) is 0 Å². The molecule has 1 aromatic carbocycles. The molecule has 6 nitrogen and oxygen atoms in total. The topological polar surface area (TPSA) is 92.5 Å². The Hall–Kier alpha value is -2.34. The Bertz CT molecular complexity index is 708. The number of aromatic nitrogens is 4. The summed E-state index contributed by atoms with van der Waals surface area (Å²) in [7, 11) is 0. The van der Waals surface area contributed by atoms with E-state index in [0.717, 1.165) is 10.9 Å². The van der Waals surface area contributed by atoms with Crippen molar-refractivity contribution < 1.29 is 0 Å². The molecule has 2 heterocycles. The van der Waals surface area contributed by atoms with E-state index in [1.807, 2.05) is 24.3 Å². The molecule has 0 aliphatic rings. The van der Waals surface area contributed by atoms with E-state index >= 15 is 0 Å². The van der Waals surface area contributed by atoms with E-state index in [4.69, 9.17) is 17.3 Å². The molecule has 0 aliphatic heterocycles. The van der Waals surface area contributed by atoms with Crippen LogP contribution in [0.15, 0.2) is 30.3 Å². The maximum atomic E-state index is 5.88. The average Bonchev–Trinajstić information content (AvgIpc) is 2.74. The molecule has 0 saturated carbocycles. The van der Waals surface area contributed by atoms with Gasteiger partial charge < -0.3 is 11.1 Å². The number of fused-ring (bicyclic) bond motifs is 1. The van der Waals surface area contributed by atoms with Crippen molar-refractivity contribution >= 4 is 40.0 Å². The summed E-state index contributed by atoms with van der Waals surface area (Å²) in [6.07, 6.45) is 0. The molecule has 3 aromatic rings. The Balaban J connectivity index is 2.10. The van der Waals surface area contributed by atoms with Crippen LogP contribution in [0.3, 0.4) is 0 Å². The van der Waals surface area contributed by atoms with Gasteiger partial charge in [-0.3, -0.25) is 5.10 Å². The number of benzene rings is 1. The molecule has 0 spiro atoms. The Morgan fingerprint density at radius 2 is 2.06 bits per heavy atom. The van der Waals surface area contributed by atoms with E-state index in [9.17, 15) is 0 Å². The van der Waals surface area contributed by atoms with Crippen molar-refractivity contribution in [2.24, 2.45) is 0 Å². The fourth-order valence-corrected chi connectivity index (χ4v) is 1.84. The summed E-state index contributed by atoms with van der Waals surface area (Å²) in [6, 6.07) is 9.24. The molecule has 0 aliphatic carbocycles. The van der Waals surface area contributed by atoms with Crippen LogP contribution in [0.4, 0.5) is 17.5 Å². The molecule has 0 unspecified atom stereocenters. The van der Waals surface area contributed by atoms with Gasteiger partial charge in [0.15, 0.2) is 5.82 Å². The second-order valence-corrected chi connectivity index (χ2v) is 4.03. The number of H-pyrrole nitrogens is 1. The van der Waals surface area contributed by atoms with Gasteiger partial charge in [-0.25, -0.2) is 4.98 Å². The van der Waals surface area contributed by atoms with Crippen molar-refractivity contribution in [2.75, 3.05) is 11.1 Å². The third-order valence-corrected chi connectivity index (χ3v) is 2.59. The van der Waals surface area contributed by atoms with E-state index in [2.05, 4.69) is 25.5 Å². The SMILES string of the molecule is Nc1cc(Nc2nc(Cl)nc3ccccc23)n[nH]1. The molecular formula is C11H9ClN6. The number of halogens is 1. The highest BCUT2D eigenvalue weighted by atomic mass is 35.5. The zero-order chi connectivity index (χ0) is 12.5. The van der Waals surface area contributed by atoms with Crippen LogP contribution in [-0.2, 0) is 0 Å². The Kier molecular flexibility index (Phi) is 2.49. The fraction of sp³-hybridized carbons (Fsp3) is 0. The van der Waals surface area contributed by atoms with Crippen LogP contribution < -0.4 is 11.1 Å². The summed E-state index contributed by atoms with van der Waals surface area (Å²) < 4.78 is 0.